The molecule has 1 aromatic heterocycles. The summed E-state index contributed by atoms with van der Waals surface area (Å²) in [5, 5.41) is 3.29. The van der Waals surface area contributed by atoms with Crippen molar-refractivity contribution in [2.75, 3.05) is 0 Å². The number of aromatic nitrogens is 1. The maximum atomic E-state index is 6.42. The van der Waals surface area contributed by atoms with Crippen LogP contribution in [0.2, 0.25) is 5.02 Å². The highest BCUT2D eigenvalue weighted by molar-refractivity contribution is 9.10. The minimum absolute atomic E-state index is 0.744. The van der Waals surface area contributed by atoms with Crippen molar-refractivity contribution < 1.29 is 0 Å². The molecule has 0 atom stereocenters. The minimum Gasteiger partial charge on any atom is -0.309 e. The van der Waals surface area contributed by atoms with E-state index < -0.39 is 0 Å². The molecule has 5 aromatic rings. The largest absolute Gasteiger partial charge is 0.309 e. The lowest BCUT2D eigenvalue weighted by Crippen LogP contribution is -1.93. The molecule has 0 radical (unpaired) electrons. The van der Waals surface area contributed by atoms with Gasteiger partial charge in [0.1, 0.15) is 0 Å². The van der Waals surface area contributed by atoms with E-state index in [1.54, 1.807) is 0 Å². The fraction of sp³-hybridized carbons (Fsp3) is 0. The number of halogens is 2. The molecule has 5 rings (SSSR count). The molecule has 0 aliphatic rings. The second kappa shape index (κ2) is 6.56. The van der Waals surface area contributed by atoms with Gasteiger partial charge in [0.25, 0.3) is 0 Å². The van der Waals surface area contributed by atoms with Crippen LogP contribution in [0.3, 0.4) is 0 Å². The molecule has 0 saturated carbocycles. The molecule has 0 aliphatic carbocycles. The van der Waals surface area contributed by atoms with E-state index in [4.69, 9.17) is 11.6 Å². The van der Waals surface area contributed by atoms with Crippen molar-refractivity contribution in [1.29, 1.82) is 0 Å². The Hall–Kier alpha value is -2.55. The third-order valence-corrected chi connectivity index (χ3v) is 5.75. The normalized spacial score (nSPS) is 11.3. The van der Waals surface area contributed by atoms with E-state index in [1.165, 1.54) is 21.8 Å². The first-order valence-electron chi connectivity index (χ1n) is 8.76. The zero-order valence-corrected chi connectivity index (χ0v) is 16.7. The molecule has 0 spiro atoms. The van der Waals surface area contributed by atoms with Crippen LogP contribution >= 0.6 is 27.5 Å². The van der Waals surface area contributed by atoms with Crippen LogP contribution in [0, 0.1) is 0 Å². The summed E-state index contributed by atoms with van der Waals surface area (Å²) in [6, 6.07) is 31.7. The minimum atomic E-state index is 0.744. The van der Waals surface area contributed by atoms with E-state index in [1.807, 2.05) is 18.2 Å². The molecule has 27 heavy (non-hydrogen) atoms. The van der Waals surface area contributed by atoms with Crippen LogP contribution in [0.15, 0.2) is 95.5 Å². The summed E-state index contributed by atoms with van der Waals surface area (Å²) in [7, 11) is 0. The van der Waals surface area contributed by atoms with Gasteiger partial charge >= 0.3 is 0 Å². The van der Waals surface area contributed by atoms with Crippen LogP contribution < -0.4 is 0 Å². The van der Waals surface area contributed by atoms with Gasteiger partial charge in [-0.2, -0.15) is 0 Å². The molecule has 0 unspecified atom stereocenters. The van der Waals surface area contributed by atoms with Gasteiger partial charge in [-0.3, -0.25) is 0 Å². The third kappa shape index (κ3) is 2.77. The highest BCUT2D eigenvalue weighted by Crippen LogP contribution is 2.34. The maximum Gasteiger partial charge on any atom is 0.0541 e. The Labute approximate surface area is 170 Å². The Morgan fingerprint density at radius 1 is 0.667 bits per heavy atom. The molecule has 1 nitrogen and oxygen atoms in total. The van der Waals surface area contributed by atoms with E-state index in [0.717, 1.165) is 26.3 Å². The molecule has 0 N–H and O–H groups in total. The maximum absolute atomic E-state index is 6.42. The molecular formula is C24H15BrClN. The zero-order valence-electron chi connectivity index (χ0n) is 14.4. The van der Waals surface area contributed by atoms with Crippen molar-refractivity contribution in [3.8, 4) is 16.8 Å². The van der Waals surface area contributed by atoms with Gasteiger partial charge in [0.2, 0.25) is 0 Å². The predicted octanol–water partition coefficient (Wildman–Crippen LogP) is 7.87. The van der Waals surface area contributed by atoms with Crippen molar-refractivity contribution in [1.82, 2.24) is 4.57 Å². The number of nitrogens with zero attached hydrogens (tertiary/aromatic N) is 1. The van der Waals surface area contributed by atoms with Crippen molar-refractivity contribution >= 4 is 49.3 Å². The van der Waals surface area contributed by atoms with Gasteiger partial charge in [0.15, 0.2) is 0 Å². The van der Waals surface area contributed by atoms with E-state index in [9.17, 15) is 0 Å². The lowest BCUT2D eigenvalue weighted by molar-refractivity contribution is 1.18. The second-order valence-corrected chi connectivity index (χ2v) is 7.86. The monoisotopic (exact) mass is 431 g/mol. The standard InChI is InChI=1S/C24H15BrClN/c25-17-11-14-19(22(26)15-17)16-9-12-18(13-10-16)27-23-7-3-1-5-20(23)21-6-2-4-8-24(21)27/h1-15H. The highest BCUT2D eigenvalue weighted by Gasteiger charge is 2.11. The molecule has 0 fully saturated rings. The number of fused-ring (bicyclic) bond motifs is 3. The summed E-state index contributed by atoms with van der Waals surface area (Å²) in [6.07, 6.45) is 0. The molecule has 0 aliphatic heterocycles. The summed E-state index contributed by atoms with van der Waals surface area (Å²) < 4.78 is 3.30. The number of hydrogen-bond donors (Lipinski definition) is 0. The van der Waals surface area contributed by atoms with Crippen LogP contribution in [0.25, 0.3) is 38.6 Å². The van der Waals surface area contributed by atoms with Gasteiger partial charge in [-0.05, 0) is 42.0 Å². The van der Waals surface area contributed by atoms with Gasteiger partial charge < -0.3 is 4.57 Å². The molecule has 4 aromatic carbocycles. The number of hydrogen-bond acceptors (Lipinski definition) is 0. The van der Waals surface area contributed by atoms with Crippen molar-refractivity contribution in [2.45, 2.75) is 0 Å². The summed E-state index contributed by atoms with van der Waals surface area (Å²) in [6.45, 7) is 0. The van der Waals surface area contributed by atoms with E-state index in [0.29, 0.717) is 0 Å². The van der Waals surface area contributed by atoms with E-state index in [-0.39, 0.29) is 0 Å². The first kappa shape index (κ1) is 16.6. The van der Waals surface area contributed by atoms with Gasteiger partial charge in [-0.1, -0.05) is 82.1 Å². The highest BCUT2D eigenvalue weighted by atomic mass is 79.9. The van der Waals surface area contributed by atoms with E-state index >= 15 is 0 Å². The predicted molar refractivity (Wildman–Crippen MR) is 119 cm³/mol. The Morgan fingerprint density at radius 2 is 1.26 bits per heavy atom. The van der Waals surface area contributed by atoms with Crippen LogP contribution in [-0.4, -0.2) is 4.57 Å². The van der Waals surface area contributed by atoms with Gasteiger partial charge in [-0.25, -0.2) is 0 Å². The van der Waals surface area contributed by atoms with Crippen molar-refractivity contribution in [2.24, 2.45) is 0 Å². The summed E-state index contributed by atoms with van der Waals surface area (Å²) >= 11 is 9.89. The smallest absolute Gasteiger partial charge is 0.0541 e. The Balaban J connectivity index is 1.69. The lowest BCUT2D eigenvalue weighted by atomic mass is 10.1. The van der Waals surface area contributed by atoms with Gasteiger partial charge in [0.05, 0.1) is 11.0 Å². The van der Waals surface area contributed by atoms with Gasteiger partial charge in [0, 0.05) is 31.5 Å². The number of para-hydroxylation sites is 2. The Morgan fingerprint density at radius 3 is 1.85 bits per heavy atom. The first-order valence-corrected chi connectivity index (χ1v) is 9.93. The summed E-state index contributed by atoms with van der Waals surface area (Å²) in [5.74, 6) is 0. The number of rotatable bonds is 2. The van der Waals surface area contributed by atoms with Crippen LogP contribution in [0.1, 0.15) is 0 Å². The van der Waals surface area contributed by atoms with Crippen LogP contribution in [0.4, 0.5) is 0 Å². The molecule has 1 heterocycles. The van der Waals surface area contributed by atoms with Crippen LogP contribution in [-0.2, 0) is 0 Å². The summed E-state index contributed by atoms with van der Waals surface area (Å²) in [4.78, 5) is 0. The average molecular weight is 433 g/mol. The van der Waals surface area contributed by atoms with Gasteiger partial charge in [-0.15, -0.1) is 0 Å². The molecule has 130 valence electrons. The third-order valence-electron chi connectivity index (χ3n) is 4.95. The SMILES string of the molecule is Clc1cc(Br)ccc1-c1ccc(-n2c3ccccc3c3ccccc32)cc1. The molecule has 3 heteroatoms. The average Bonchev–Trinajstić information content (AvgIpc) is 3.03. The first-order chi connectivity index (χ1) is 13.2. The zero-order chi connectivity index (χ0) is 18.4. The van der Waals surface area contributed by atoms with E-state index in [2.05, 4.69) is 93.3 Å². The fourth-order valence-electron chi connectivity index (χ4n) is 3.71. The van der Waals surface area contributed by atoms with Crippen molar-refractivity contribution in [3.63, 3.8) is 0 Å². The van der Waals surface area contributed by atoms with Crippen molar-refractivity contribution in [3.05, 3.63) is 100 Å². The second-order valence-electron chi connectivity index (χ2n) is 6.54. The quantitative estimate of drug-likeness (QED) is 0.267. The Bertz CT molecular complexity index is 1230. The molecular weight excluding hydrogens is 418 g/mol. The number of benzene rings is 4. The molecule has 0 saturated heterocycles. The van der Waals surface area contributed by atoms with Crippen LogP contribution in [0.5, 0.6) is 0 Å². The molecule has 0 amide bonds. The Kier molecular flexibility index (Phi) is 4.04. The topological polar surface area (TPSA) is 4.93 Å². The summed E-state index contributed by atoms with van der Waals surface area (Å²) in [5.41, 5.74) is 5.72. The fourth-order valence-corrected chi connectivity index (χ4v) is 4.50. The lowest BCUT2D eigenvalue weighted by Gasteiger charge is -2.10. The molecule has 0 bridgehead atoms.